The van der Waals surface area contributed by atoms with Crippen LogP contribution in [0.4, 0.5) is 0 Å². The van der Waals surface area contributed by atoms with E-state index >= 15 is 0 Å². The highest BCUT2D eigenvalue weighted by Gasteiger charge is 2.42. The number of rotatable bonds is 4. The molecule has 6 heteroatoms. The van der Waals surface area contributed by atoms with E-state index in [0.717, 1.165) is 29.9 Å². The van der Waals surface area contributed by atoms with Crippen molar-refractivity contribution in [2.45, 2.75) is 50.1 Å². The molecule has 5 rings (SSSR count). The third-order valence-electron chi connectivity index (χ3n) is 6.41. The Kier molecular flexibility index (Phi) is 5.05. The Balaban J connectivity index is 1.24. The first-order valence-electron chi connectivity index (χ1n) is 10.4. The van der Waals surface area contributed by atoms with Crippen LogP contribution in [0.2, 0.25) is 0 Å². The van der Waals surface area contributed by atoms with E-state index in [1.807, 2.05) is 18.2 Å². The van der Waals surface area contributed by atoms with E-state index in [4.69, 9.17) is 23.7 Å². The van der Waals surface area contributed by atoms with Crippen molar-refractivity contribution < 1.29 is 28.8 Å². The normalized spacial score (nSPS) is 33.9. The van der Waals surface area contributed by atoms with Crippen molar-refractivity contribution in [3.8, 4) is 11.5 Å². The van der Waals surface area contributed by atoms with Crippen LogP contribution in [0.5, 0.6) is 11.5 Å². The lowest BCUT2D eigenvalue weighted by Crippen LogP contribution is -2.33. The van der Waals surface area contributed by atoms with Gasteiger partial charge >= 0.3 is 0 Å². The van der Waals surface area contributed by atoms with Crippen molar-refractivity contribution in [3.05, 3.63) is 35.9 Å². The molecule has 4 aliphatic rings. The van der Waals surface area contributed by atoms with E-state index < -0.39 is 0 Å². The molecule has 0 aromatic heterocycles. The summed E-state index contributed by atoms with van der Waals surface area (Å²) in [5.74, 6) is 1.29. The molecule has 0 unspecified atom stereocenters. The molecule has 6 nitrogen and oxygen atoms in total. The number of aliphatic hydroxyl groups is 1. The largest absolute Gasteiger partial charge is 0.454 e. The Morgan fingerprint density at radius 1 is 1.04 bits per heavy atom. The van der Waals surface area contributed by atoms with Crippen LogP contribution < -0.4 is 9.47 Å². The molecule has 3 aliphatic heterocycles. The molecule has 1 aliphatic carbocycles. The van der Waals surface area contributed by atoms with Crippen molar-refractivity contribution in [2.24, 2.45) is 11.8 Å². The first kappa shape index (κ1) is 18.4. The van der Waals surface area contributed by atoms with Crippen LogP contribution in [-0.4, -0.2) is 43.6 Å². The molecule has 1 aromatic rings. The van der Waals surface area contributed by atoms with Gasteiger partial charge in [0.2, 0.25) is 6.79 Å². The fourth-order valence-corrected chi connectivity index (χ4v) is 4.84. The van der Waals surface area contributed by atoms with Gasteiger partial charge < -0.3 is 28.8 Å². The van der Waals surface area contributed by atoms with Gasteiger partial charge in [0.05, 0.1) is 19.3 Å². The zero-order valence-corrected chi connectivity index (χ0v) is 16.0. The Labute approximate surface area is 165 Å². The van der Waals surface area contributed by atoms with E-state index in [1.54, 1.807) is 0 Å². The summed E-state index contributed by atoms with van der Waals surface area (Å²) in [5, 5.41) is 10.0. The van der Waals surface area contributed by atoms with Gasteiger partial charge in [0.1, 0.15) is 6.10 Å². The molecule has 1 saturated carbocycles. The maximum atomic E-state index is 10.0. The van der Waals surface area contributed by atoms with Gasteiger partial charge in [0, 0.05) is 31.3 Å². The molecule has 3 heterocycles. The van der Waals surface area contributed by atoms with E-state index in [9.17, 15) is 5.11 Å². The zero-order chi connectivity index (χ0) is 19.0. The quantitative estimate of drug-likeness (QED) is 0.798. The molecule has 3 fully saturated rings. The average molecular weight is 388 g/mol. The van der Waals surface area contributed by atoms with Crippen molar-refractivity contribution in [1.82, 2.24) is 0 Å². The lowest BCUT2D eigenvalue weighted by atomic mass is 9.87. The van der Waals surface area contributed by atoms with Crippen LogP contribution in [-0.2, 0) is 14.2 Å². The van der Waals surface area contributed by atoms with Crippen LogP contribution >= 0.6 is 0 Å². The minimum Gasteiger partial charge on any atom is -0.454 e. The smallest absolute Gasteiger partial charge is 0.231 e. The van der Waals surface area contributed by atoms with Crippen LogP contribution in [0.25, 0.3) is 0 Å². The molecule has 4 atom stereocenters. The van der Waals surface area contributed by atoms with Gasteiger partial charge in [-0.25, -0.2) is 0 Å². The standard InChI is InChI=1S/C22H28O6/c23-11-18-16(4-6-17-13-27-22(28-17)8-2-1-3-9-22)12-24-21(18)15-5-7-19-20(10-15)26-14-25-19/h4-7,10,16-18,21,23H,1-3,8-9,11-14H2/t16-,17+,18-,21+/m0/s1. The predicted octanol–water partition coefficient (Wildman–Crippen LogP) is 3.34. The molecular formula is C22H28O6. The van der Waals surface area contributed by atoms with E-state index in [0.29, 0.717) is 13.2 Å². The number of ether oxygens (including phenoxy) is 5. The van der Waals surface area contributed by atoms with Crippen molar-refractivity contribution in [3.63, 3.8) is 0 Å². The molecule has 2 saturated heterocycles. The van der Waals surface area contributed by atoms with Crippen molar-refractivity contribution >= 4 is 0 Å². The van der Waals surface area contributed by atoms with Gasteiger partial charge in [0.25, 0.3) is 0 Å². The molecule has 0 radical (unpaired) electrons. The Morgan fingerprint density at radius 2 is 1.89 bits per heavy atom. The molecule has 0 amide bonds. The summed E-state index contributed by atoms with van der Waals surface area (Å²) in [4.78, 5) is 0. The minimum atomic E-state index is -0.356. The summed E-state index contributed by atoms with van der Waals surface area (Å²) in [7, 11) is 0. The highest BCUT2D eigenvalue weighted by Crippen LogP contribution is 2.43. The summed E-state index contributed by atoms with van der Waals surface area (Å²) in [6.07, 6.45) is 9.69. The summed E-state index contributed by atoms with van der Waals surface area (Å²) in [5.41, 5.74) is 1.01. The number of fused-ring (bicyclic) bond motifs is 1. The highest BCUT2D eigenvalue weighted by atomic mass is 16.7. The van der Waals surface area contributed by atoms with Crippen LogP contribution in [0.3, 0.4) is 0 Å². The fourth-order valence-electron chi connectivity index (χ4n) is 4.84. The van der Waals surface area contributed by atoms with E-state index in [-0.39, 0.29) is 43.2 Å². The Bertz CT molecular complexity index is 726. The van der Waals surface area contributed by atoms with E-state index in [2.05, 4.69) is 12.2 Å². The van der Waals surface area contributed by atoms with Gasteiger partial charge in [0.15, 0.2) is 17.3 Å². The third-order valence-corrected chi connectivity index (χ3v) is 6.41. The second-order valence-corrected chi connectivity index (χ2v) is 8.20. The van der Waals surface area contributed by atoms with Gasteiger partial charge in [-0.05, 0) is 30.5 Å². The van der Waals surface area contributed by atoms with Crippen LogP contribution in [0, 0.1) is 11.8 Å². The molecule has 1 spiro atoms. The number of hydrogen-bond acceptors (Lipinski definition) is 6. The molecule has 1 aromatic carbocycles. The second kappa shape index (κ2) is 7.67. The van der Waals surface area contributed by atoms with Gasteiger partial charge in [-0.3, -0.25) is 0 Å². The maximum absolute atomic E-state index is 10.0. The lowest BCUT2D eigenvalue weighted by Gasteiger charge is -2.31. The minimum absolute atomic E-state index is 0.00239. The first-order valence-corrected chi connectivity index (χ1v) is 10.4. The van der Waals surface area contributed by atoms with Crippen molar-refractivity contribution in [1.29, 1.82) is 0 Å². The number of hydrogen-bond donors (Lipinski definition) is 1. The zero-order valence-electron chi connectivity index (χ0n) is 16.0. The van der Waals surface area contributed by atoms with Gasteiger partial charge in [-0.2, -0.15) is 0 Å². The Hall–Kier alpha value is -1.60. The highest BCUT2D eigenvalue weighted by molar-refractivity contribution is 5.45. The maximum Gasteiger partial charge on any atom is 0.231 e. The number of aliphatic hydroxyl groups excluding tert-OH is 1. The van der Waals surface area contributed by atoms with Gasteiger partial charge in [-0.1, -0.05) is 24.6 Å². The average Bonchev–Trinajstić information content (AvgIpc) is 3.44. The lowest BCUT2D eigenvalue weighted by molar-refractivity contribution is -0.182. The molecule has 152 valence electrons. The van der Waals surface area contributed by atoms with Crippen molar-refractivity contribution in [2.75, 3.05) is 26.6 Å². The van der Waals surface area contributed by atoms with Crippen LogP contribution in [0.1, 0.15) is 43.8 Å². The monoisotopic (exact) mass is 388 g/mol. The predicted molar refractivity (Wildman–Crippen MR) is 101 cm³/mol. The summed E-state index contributed by atoms with van der Waals surface area (Å²) in [6, 6.07) is 5.86. The first-order chi connectivity index (χ1) is 13.8. The SMILES string of the molecule is OC[C@@H]1[C@@H](c2ccc3c(c2)OCO3)OC[C@@H]1C=C[C@@H]1COC2(CCCCC2)O1. The number of benzene rings is 1. The fraction of sp³-hybridized carbons (Fsp3) is 0.636. The van der Waals surface area contributed by atoms with E-state index in [1.165, 1.54) is 19.3 Å². The topological polar surface area (TPSA) is 66.4 Å². The molecule has 1 N–H and O–H groups in total. The van der Waals surface area contributed by atoms with Crippen LogP contribution in [0.15, 0.2) is 30.4 Å². The summed E-state index contributed by atoms with van der Waals surface area (Å²) >= 11 is 0. The van der Waals surface area contributed by atoms with Gasteiger partial charge in [-0.15, -0.1) is 0 Å². The molecule has 28 heavy (non-hydrogen) atoms. The summed E-state index contributed by atoms with van der Waals surface area (Å²) in [6.45, 7) is 1.52. The molecular weight excluding hydrogens is 360 g/mol. The summed E-state index contributed by atoms with van der Waals surface area (Å²) < 4.78 is 29.2. The molecule has 0 bridgehead atoms. The third kappa shape index (κ3) is 3.43. The second-order valence-electron chi connectivity index (χ2n) is 8.20. The Morgan fingerprint density at radius 3 is 2.75 bits per heavy atom.